The topological polar surface area (TPSA) is 34.1 Å². The lowest BCUT2D eigenvalue weighted by atomic mass is 9.85. The summed E-state index contributed by atoms with van der Waals surface area (Å²) >= 11 is 1.84. The summed E-state index contributed by atoms with van der Waals surface area (Å²) in [5, 5.41) is 4.66. The number of hydrogen-bond donors (Lipinski definition) is 1. The number of nitrogens with zero attached hydrogens (tertiary/aromatic N) is 1. The molecular weight excluding hydrogens is 268 g/mol. The molecule has 0 aromatic carbocycles. The summed E-state index contributed by atoms with van der Waals surface area (Å²) in [7, 11) is 1.84. The van der Waals surface area contributed by atoms with Gasteiger partial charge in [0.05, 0.1) is 5.69 Å². The van der Waals surface area contributed by atoms with Crippen molar-refractivity contribution < 1.29 is 4.74 Å². The summed E-state index contributed by atoms with van der Waals surface area (Å²) in [4.78, 5) is 6.16. The predicted octanol–water partition coefficient (Wildman–Crippen LogP) is 4.22. The third-order valence-electron chi connectivity index (χ3n) is 4.20. The lowest BCUT2D eigenvalue weighted by molar-refractivity contribution is 0.0352. The molecule has 1 unspecified atom stereocenters. The molecule has 1 N–H and O–H groups in total. The average molecular weight is 296 g/mol. The molecule has 1 aliphatic rings. The van der Waals surface area contributed by atoms with Crippen LogP contribution in [0.1, 0.15) is 67.1 Å². The van der Waals surface area contributed by atoms with Gasteiger partial charge in [0.2, 0.25) is 0 Å². The first-order valence-electron chi connectivity index (χ1n) is 7.96. The van der Waals surface area contributed by atoms with Crippen molar-refractivity contribution in [1.29, 1.82) is 0 Å². The average Bonchev–Trinajstić information content (AvgIpc) is 2.82. The van der Waals surface area contributed by atoms with Crippen LogP contribution in [-0.4, -0.2) is 18.6 Å². The minimum absolute atomic E-state index is 0.207. The standard InChI is InChI=1S/C16H28N2OS/c1-4-10-17-11-14-12(2)18-16(20-14)15(19-3)13-8-6-5-7-9-13/h13,15,17H,4-11H2,1-3H3. The maximum atomic E-state index is 5.80. The highest BCUT2D eigenvalue weighted by Crippen LogP contribution is 2.38. The van der Waals surface area contributed by atoms with Gasteiger partial charge in [-0.2, -0.15) is 0 Å². The highest BCUT2D eigenvalue weighted by Gasteiger charge is 2.27. The molecule has 2 rings (SSSR count). The number of ether oxygens (including phenoxy) is 1. The van der Waals surface area contributed by atoms with Crippen molar-refractivity contribution in [2.45, 2.75) is 65.0 Å². The number of aryl methyl sites for hydroxylation is 1. The molecule has 1 saturated carbocycles. The highest BCUT2D eigenvalue weighted by molar-refractivity contribution is 7.11. The second-order valence-corrected chi connectivity index (χ2v) is 6.91. The zero-order chi connectivity index (χ0) is 14.4. The summed E-state index contributed by atoms with van der Waals surface area (Å²) in [5.41, 5.74) is 1.17. The molecule has 20 heavy (non-hydrogen) atoms. The van der Waals surface area contributed by atoms with Crippen molar-refractivity contribution in [2.75, 3.05) is 13.7 Å². The first-order valence-corrected chi connectivity index (χ1v) is 8.77. The fourth-order valence-corrected chi connectivity index (χ4v) is 4.25. The van der Waals surface area contributed by atoms with E-state index in [9.17, 15) is 0 Å². The zero-order valence-electron chi connectivity index (χ0n) is 13.1. The van der Waals surface area contributed by atoms with E-state index in [0.717, 1.165) is 13.1 Å². The van der Waals surface area contributed by atoms with Crippen molar-refractivity contribution in [3.05, 3.63) is 15.6 Å². The van der Waals surface area contributed by atoms with Crippen LogP contribution >= 0.6 is 11.3 Å². The van der Waals surface area contributed by atoms with Crippen LogP contribution in [-0.2, 0) is 11.3 Å². The van der Waals surface area contributed by atoms with Gasteiger partial charge in [-0.3, -0.25) is 0 Å². The van der Waals surface area contributed by atoms with Crippen LogP contribution in [0.15, 0.2) is 0 Å². The van der Waals surface area contributed by atoms with Crippen LogP contribution in [0.4, 0.5) is 0 Å². The third-order valence-corrected chi connectivity index (χ3v) is 5.42. The molecule has 0 spiro atoms. The summed E-state index contributed by atoms with van der Waals surface area (Å²) in [6.07, 6.45) is 8.04. The monoisotopic (exact) mass is 296 g/mol. The van der Waals surface area contributed by atoms with Crippen molar-refractivity contribution in [2.24, 2.45) is 5.92 Å². The second kappa shape index (κ2) is 8.11. The van der Waals surface area contributed by atoms with Gasteiger partial charge >= 0.3 is 0 Å². The van der Waals surface area contributed by atoms with Crippen molar-refractivity contribution in [3.8, 4) is 0 Å². The summed E-state index contributed by atoms with van der Waals surface area (Å²) < 4.78 is 5.80. The molecule has 1 aromatic rings. The van der Waals surface area contributed by atoms with Gasteiger partial charge in [-0.15, -0.1) is 11.3 Å². The van der Waals surface area contributed by atoms with E-state index in [1.54, 1.807) is 0 Å². The van der Waals surface area contributed by atoms with E-state index in [4.69, 9.17) is 9.72 Å². The largest absolute Gasteiger partial charge is 0.374 e. The normalized spacial score (nSPS) is 18.4. The van der Waals surface area contributed by atoms with Crippen molar-refractivity contribution in [3.63, 3.8) is 0 Å². The van der Waals surface area contributed by atoms with E-state index in [1.165, 1.54) is 54.1 Å². The van der Waals surface area contributed by atoms with Crippen LogP contribution in [0.25, 0.3) is 0 Å². The van der Waals surface area contributed by atoms with E-state index >= 15 is 0 Å². The van der Waals surface area contributed by atoms with Crippen LogP contribution in [0.5, 0.6) is 0 Å². The maximum Gasteiger partial charge on any atom is 0.122 e. The Morgan fingerprint density at radius 3 is 2.75 bits per heavy atom. The van der Waals surface area contributed by atoms with Gasteiger partial charge in [0, 0.05) is 18.5 Å². The summed E-state index contributed by atoms with van der Waals surface area (Å²) in [6.45, 7) is 6.33. The molecule has 1 heterocycles. The Balaban J connectivity index is 2.03. The number of hydrogen-bond acceptors (Lipinski definition) is 4. The van der Waals surface area contributed by atoms with Gasteiger partial charge < -0.3 is 10.1 Å². The molecule has 4 heteroatoms. The third kappa shape index (κ3) is 4.03. The lowest BCUT2D eigenvalue weighted by Crippen LogP contribution is -2.17. The van der Waals surface area contributed by atoms with Crippen molar-refractivity contribution in [1.82, 2.24) is 10.3 Å². The SMILES string of the molecule is CCCNCc1sc(C(OC)C2CCCCC2)nc1C. The first-order chi connectivity index (χ1) is 9.76. The van der Waals surface area contributed by atoms with E-state index in [2.05, 4.69) is 19.2 Å². The Morgan fingerprint density at radius 1 is 1.35 bits per heavy atom. The predicted molar refractivity (Wildman–Crippen MR) is 85.2 cm³/mol. The number of thiazole rings is 1. The van der Waals surface area contributed by atoms with Gasteiger partial charge in [-0.1, -0.05) is 26.2 Å². The van der Waals surface area contributed by atoms with E-state index in [1.807, 2.05) is 18.4 Å². The van der Waals surface area contributed by atoms with Gasteiger partial charge in [0.1, 0.15) is 11.1 Å². The minimum Gasteiger partial charge on any atom is -0.374 e. The van der Waals surface area contributed by atoms with Crippen LogP contribution in [0, 0.1) is 12.8 Å². The summed E-state index contributed by atoms with van der Waals surface area (Å²) in [6, 6.07) is 0. The molecule has 1 aromatic heterocycles. The van der Waals surface area contributed by atoms with Gasteiger partial charge in [0.25, 0.3) is 0 Å². The van der Waals surface area contributed by atoms with E-state index in [-0.39, 0.29) is 6.10 Å². The first kappa shape index (κ1) is 15.9. The minimum atomic E-state index is 0.207. The van der Waals surface area contributed by atoms with Crippen LogP contribution < -0.4 is 5.32 Å². The van der Waals surface area contributed by atoms with Crippen LogP contribution in [0.2, 0.25) is 0 Å². The van der Waals surface area contributed by atoms with Crippen molar-refractivity contribution >= 4 is 11.3 Å². The molecule has 0 bridgehead atoms. The molecular formula is C16H28N2OS. The number of methoxy groups -OCH3 is 1. The smallest absolute Gasteiger partial charge is 0.122 e. The van der Waals surface area contributed by atoms with Gasteiger partial charge in [0.15, 0.2) is 0 Å². The van der Waals surface area contributed by atoms with E-state index in [0.29, 0.717) is 5.92 Å². The molecule has 0 radical (unpaired) electrons. The fraction of sp³-hybridized carbons (Fsp3) is 0.812. The molecule has 0 aliphatic heterocycles. The Bertz CT molecular complexity index is 399. The van der Waals surface area contributed by atoms with Crippen LogP contribution in [0.3, 0.4) is 0 Å². The molecule has 3 nitrogen and oxygen atoms in total. The summed E-state index contributed by atoms with van der Waals surface area (Å²) in [5.74, 6) is 0.663. The molecule has 1 fully saturated rings. The molecule has 0 amide bonds. The fourth-order valence-electron chi connectivity index (χ4n) is 3.05. The second-order valence-electron chi connectivity index (χ2n) is 5.79. The number of aromatic nitrogens is 1. The van der Waals surface area contributed by atoms with Gasteiger partial charge in [-0.05, 0) is 38.6 Å². The Morgan fingerprint density at radius 2 is 2.10 bits per heavy atom. The Kier molecular flexibility index (Phi) is 6.46. The van der Waals surface area contributed by atoms with E-state index < -0.39 is 0 Å². The quantitative estimate of drug-likeness (QED) is 0.765. The molecule has 1 aliphatic carbocycles. The van der Waals surface area contributed by atoms with Gasteiger partial charge in [-0.25, -0.2) is 4.98 Å². The Hall–Kier alpha value is -0.450. The molecule has 1 atom stereocenters. The highest BCUT2D eigenvalue weighted by atomic mass is 32.1. The number of nitrogens with one attached hydrogen (secondary N) is 1. The molecule has 0 saturated heterocycles. The molecule has 114 valence electrons. The Labute approximate surface area is 127 Å². The lowest BCUT2D eigenvalue weighted by Gasteiger charge is -2.27. The maximum absolute atomic E-state index is 5.80. The number of rotatable bonds is 7. The zero-order valence-corrected chi connectivity index (χ0v) is 13.9.